The number of esters is 1. The molecule has 1 N–H and O–H groups in total. The first kappa shape index (κ1) is 20.3. The summed E-state index contributed by atoms with van der Waals surface area (Å²) in [5, 5.41) is 2.64. The van der Waals surface area contributed by atoms with E-state index in [1.165, 1.54) is 19.1 Å². The number of rotatable bonds is 6. The Morgan fingerprint density at radius 3 is 2.00 bits per heavy atom. The van der Waals surface area contributed by atoms with Crippen molar-refractivity contribution in [2.45, 2.75) is 32.7 Å². The van der Waals surface area contributed by atoms with Gasteiger partial charge in [-0.1, -0.05) is 38.1 Å². The Morgan fingerprint density at radius 2 is 1.48 bits per heavy atom. The molecule has 0 radical (unpaired) electrons. The standard InChI is InChI=1S/C22H22N2O5/c1-13(2)15-8-10-16(11-9-15)23-19(25)12-29-22(28)14(3)24-20(26)17-6-4-5-7-18(17)21(24)27/h4-11,13-14H,12H2,1-3H3,(H,23,25)/t14-/m1/s1. The third kappa shape index (κ3) is 4.18. The topological polar surface area (TPSA) is 92.8 Å². The molecule has 7 nitrogen and oxygen atoms in total. The molecule has 0 bridgehead atoms. The van der Waals surface area contributed by atoms with Crippen molar-refractivity contribution in [3.05, 3.63) is 65.2 Å². The average molecular weight is 394 g/mol. The Balaban J connectivity index is 1.56. The number of nitrogens with zero attached hydrogens (tertiary/aromatic N) is 1. The second kappa shape index (κ2) is 8.26. The summed E-state index contributed by atoms with van der Waals surface area (Å²) in [4.78, 5) is 50.1. The summed E-state index contributed by atoms with van der Waals surface area (Å²) in [7, 11) is 0. The Kier molecular flexibility index (Phi) is 5.77. The number of hydrogen-bond donors (Lipinski definition) is 1. The Labute approximate surface area is 168 Å². The molecule has 1 heterocycles. The lowest BCUT2D eigenvalue weighted by molar-refractivity contribution is -0.150. The van der Waals surface area contributed by atoms with Crippen molar-refractivity contribution in [2.75, 3.05) is 11.9 Å². The molecule has 1 atom stereocenters. The van der Waals surface area contributed by atoms with Crippen molar-refractivity contribution in [1.29, 1.82) is 0 Å². The second-order valence-corrected chi connectivity index (χ2v) is 7.13. The molecule has 0 saturated heterocycles. The van der Waals surface area contributed by atoms with Crippen LogP contribution in [0.25, 0.3) is 0 Å². The second-order valence-electron chi connectivity index (χ2n) is 7.13. The lowest BCUT2D eigenvalue weighted by atomic mass is 10.0. The van der Waals surface area contributed by atoms with Gasteiger partial charge < -0.3 is 10.1 Å². The van der Waals surface area contributed by atoms with Gasteiger partial charge >= 0.3 is 5.97 Å². The van der Waals surface area contributed by atoms with Crippen molar-refractivity contribution in [3.63, 3.8) is 0 Å². The third-order valence-corrected chi connectivity index (χ3v) is 4.76. The van der Waals surface area contributed by atoms with E-state index in [9.17, 15) is 19.2 Å². The molecule has 0 fully saturated rings. The summed E-state index contributed by atoms with van der Waals surface area (Å²) < 4.78 is 5.01. The molecular formula is C22H22N2O5. The van der Waals surface area contributed by atoms with Gasteiger partial charge in [0.1, 0.15) is 6.04 Å². The number of anilines is 1. The van der Waals surface area contributed by atoms with Crippen LogP contribution in [0.4, 0.5) is 5.69 Å². The van der Waals surface area contributed by atoms with E-state index in [0.29, 0.717) is 11.6 Å². The van der Waals surface area contributed by atoms with Crippen molar-refractivity contribution in [3.8, 4) is 0 Å². The molecule has 1 aliphatic rings. The highest BCUT2D eigenvalue weighted by molar-refractivity contribution is 6.22. The summed E-state index contributed by atoms with van der Waals surface area (Å²) in [6.07, 6.45) is 0. The molecule has 2 aromatic carbocycles. The number of imide groups is 1. The summed E-state index contributed by atoms with van der Waals surface area (Å²) in [5.41, 5.74) is 2.23. The summed E-state index contributed by atoms with van der Waals surface area (Å²) >= 11 is 0. The number of hydrogen-bond acceptors (Lipinski definition) is 5. The van der Waals surface area contributed by atoms with E-state index in [-0.39, 0.29) is 11.1 Å². The van der Waals surface area contributed by atoms with Crippen molar-refractivity contribution >= 4 is 29.4 Å². The normalized spacial score (nSPS) is 14.0. The third-order valence-electron chi connectivity index (χ3n) is 4.76. The highest BCUT2D eigenvalue weighted by Gasteiger charge is 2.41. The molecule has 29 heavy (non-hydrogen) atoms. The zero-order valence-corrected chi connectivity index (χ0v) is 16.5. The van der Waals surface area contributed by atoms with Gasteiger partial charge in [-0.15, -0.1) is 0 Å². The fourth-order valence-corrected chi connectivity index (χ4v) is 3.07. The van der Waals surface area contributed by atoms with Gasteiger partial charge in [-0.05, 0) is 42.7 Å². The van der Waals surface area contributed by atoms with Crippen LogP contribution in [-0.4, -0.2) is 41.2 Å². The smallest absolute Gasteiger partial charge is 0.329 e. The Bertz CT molecular complexity index is 930. The fourth-order valence-electron chi connectivity index (χ4n) is 3.07. The van der Waals surface area contributed by atoms with Gasteiger partial charge in [-0.25, -0.2) is 4.79 Å². The Morgan fingerprint density at radius 1 is 0.931 bits per heavy atom. The predicted molar refractivity (Wildman–Crippen MR) is 107 cm³/mol. The minimum Gasteiger partial charge on any atom is -0.454 e. The first-order valence-corrected chi connectivity index (χ1v) is 9.33. The fraction of sp³-hybridized carbons (Fsp3) is 0.273. The van der Waals surface area contributed by atoms with Crippen molar-refractivity contribution in [2.24, 2.45) is 0 Å². The quantitative estimate of drug-likeness (QED) is 0.601. The molecule has 0 aliphatic carbocycles. The molecule has 0 spiro atoms. The lowest BCUT2D eigenvalue weighted by Crippen LogP contribution is -2.44. The number of ether oxygens (including phenoxy) is 1. The van der Waals surface area contributed by atoms with E-state index in [4.69, 9.17) is 4.74 Å². The summed E-state index contributed by atoms with van der Waals surface area (Å²) in [6, 6.07) is 12.6. The van der Waals surface area contributed by atoms with Gasteiger partial charge in [-0.3, -0.25) is 19.3 Å². The van der Waals surface area contributed by atoms with E-state index < -0.39 is 36.3 Å². The van der Waals surface area contributed by atoms with Crippen LogP contribution in [0.5, 0.6) is 0 Å². The van der Waals surface area contributed by atoms with Crippen LogP contribution >= 0.6 is 0 Å². The van der Waals surface area contributed by atoms with Crippen LogP contribution < -0.4 is 5.32 Å². The van der Waals surface area contributed by atoms with Crippen LogP contribution in [0.15, 0.2) is 48.5 Å². The van der Waals surface area contributed by atoms with Crippen LogP contribution in [0, 0.1) is 0 Å². The van der Waals surface area contributed by atoms with Crippen LogP contribution in [0.2, 0.25) is 0 Å². The maximum absolute atomic E-state index is 12.4. The molecule has 0 saturated carbocycles. The van der Waals surface area contributed by atoms with E-state index >= 15 is 0 Å². The molecule has 0 aromatic heterocycles. The van der Waals surface area contributed by atoms with E-state index in [1.54, 1.807) is 24.3 Å². The highest BCUT2D eigenvalue weighted by atomic mass is 16.5. The maximum atomic E-state index is 12.4. The Hall–Kier alpha value is -3.48. The van der Waals surface area contributed by atoms with E-state index in [1.807, 2.05) is 12.1 Å². The van der Waals surface area contributed by atoms with Gasteiger partial charge in [0, 0.05) is 5.69 Å². The van der Waals surface area contributed by atoms with Gasteiger partial charge in [-0.2, -0.15) is 0 Å². The number of amides is 3. The minimum absolute atomic E-state index is 0.250. The SMILES string of the molecule is CC(C)c1ccc(NC(=O)COC(=O)[C@@H](C)N2C(=O)c3ccccc3C2=O)cc1. The zero-order valence-electron chi connectivity index (χ0n) is 16.5. The predicted octanol–water partition coefficient (Wildman–Crippen LogP) is 2.98. The average Bonchev–Trinajstić information content (AvgIpc) is 2.96. The van der Waals surface area contributed by atoms with Crippen LogP contribution in [0.1, 0.15) is 53.0 Å². The van der Waals surface area contributed by atoms with Crippen LogP contribution in [-0.2, 0) is 14.3 Å². The van der Waals surface area contributed by atoms with Gasteiger partial charge in [0.25, 0.3) is 17.7 Å². The first-order chi connectivity index (χ1) is 13.8. The van der Waals surface area contributed by atoms with Gasteiger partial charge in [0.15, 0.2) is 6.61 Å². The lowest BCUT2D eigenvalue weighted by Gasteiger charge is -2.20. The number of fused-ring (bicyclic) bond motifs is 1. The van der Waals surface area contributed by atoms with Crippen molar-refractivity contribution < 1.29 is 23.9 Å². The van der Waals surface area contributed by atoms with Crippen LogP contribution in [0.3, 0.4) is 0 Å². The molecule has 2 aromatic rings. The number of carbonyl (C=O) groups excluding carboxylic acids is 4. The maximum Gasteiger partial charge on any atom is 0.329 e. The number of benzene rings is 2. The molecule has 3 amide bonds. The molecule has 7 heteroatoms. The number of nitrogens with one attached hydrogen (secondary N) is 1. The highest BCUT2D eigenvalue weighted by Crippen LogP contribution is 2.24. The first-order valence-electron chi connectivity index (χ1n) is 9.33. The molecule has 3 rings (SSSR count). The van der Waals surface area contributed by atoms with Gasteiger partial charge in [0.2, 0.25) is 0 Å². The monoisotopic (exact) mass is 394 g/mol. The van der Waals surface area contributed by atoms with Crippen molar-refractivity contribution in [1.82, 2.24) is 4.90 Å². The minimum atomic E-state index is -1.14. The summed E-state index contributed by atoms with van der Waals surface area (Å²) in [6.45, 7) is 5.02. The van der Waals surface area contributed by atoms with E-state index in [0.717, 1.165) is 10.5 Å². The van der Waals surface area contributed by atoms with E-state index in [2.05, 4.69) is 19.2 Å². The number of carbonyl (C=O) groups is 4. The largest absolute Gasteiger partial charge is 0.454 e. The summed E-state index contributed by atoms with van der Waals surface area (Å²) in [5.74, 6) is -2.06. The molecule has 0 unspecified atom stereocenters. The molecule has 1 aliphatic heterocycles. The van der Waals surface area contributed by atoms with Gasteiger partial charge in [0.05, 0.1) is 11.1 Å². The zero-order chi connectivity index (χ0) is 21.1. The molecular weight excluding hydrogens is 372 g/mol. The molecule has 150 valence electrons.